The number of fused-ring (bicyclic) bond motifs is 4. The van der Waals surface area contributed by atoms with E-state index >= 15 is 0 Å². The van der Waals surface area contributed by atoms with Gasteiger partial charge in [0.15, 0.2) is 25.2 Å². The van der Waals surface area contributed by atoms with Gasteiger partial charge in [0.25, 0.3) is 0 Å². The highest BCUT2D eigenvalue weighted by molar-refractivity contribution is 5.87. The highest BCUT2D eigenvalue weighted by Gasteiger charge is 2.79. The van der Waals surface area contributed by atoms with Gasteiger partial charge in [-0.1, -0.05) is 59.6 Å². The zero-order chi connectivity index (χ0) is 57.6. The van der Waals surface area contributed by atoms with Crippen LogP contribution in [-0.2, 0) is 61.7 Å². The molecule has 23 heteroatoms. The molecule has 0 aromatic rings. The average Bonchev–Trinajstić information content (AvgIpc) is 3.80. The highest BCUT2D eigenvalue weighted by Crippen LogP contribution is 2.77. The van der Waals surface area contributed by atoms with Crippen LogP contribution in [-0.4, -0.2) is 225 Å². The summed E-state index contributed by atoms with van der Waals surface area (Å²) in [6.07, 6.45) is -21.6. The van der Waals surface area contributed by atoms with E-state index in [2.05, 4.69) is 47.6 Å². The molecule has 5 heterocycles. The molecule has 28 atom stereocenters. The average molecular weight is 1130 g/mol. The van der Waals surface area contributed by atoms with Crippen LogP contribution in [0.1, 0.15) is 113 Å². The van der Waals surface area contributed by atoms with Crippen molar-refractivity contribution in [2.45, 2.75) is 242 Å². The minimum absolute atomic E-state index is 0.0674. The number of esters is 2. The van der Waals surface area contributed by atoms with Crippen LogP contribution in [0.4, 0.5) is 0 Å². The van der Waals surface area contributed by atoms with Crippen molar-refractivity contribution in [1.82, 2.24) is 0 Å². The fourth-order valence-electron chi connectivity index (χ4n) is 16.7. The van der Waals surface area contributed by atoms with Crippen LogP contribution in [0.15, 0.2) is 11.6 Å². The van der Waals surface area contributed by atoms with Crippen molar-refractivity contribution in [2.24, 2.45) is 51.2 Å². The molecule has 79 heavy (non-hydrogen) atoms. The van der Waals surface area contributed by atoms with Crippen molar-refractivity contribution < 1.29 is 113 Å². The van der Waals surface area contributed by atoms with E-state index in [1.165, 1.54) is 26.7 Å². The molecule has 0 unspecified atom stereocenters. The number of rotatable bonds is 16. The number of allylic oxidation sites excluding steroid dienone is 2. The monoisotopic (exact) mass is 1130 g/mol. The molecule has 0 bridgehead atoms. The van der Waals surface area contributed by atoms with E-state index in [-0.39, 0.29) is 41.7 Å². The van der Waals surface area contributed by atoms with E-state index in [4.69, 9.17) is 52.1 Å². The zero-order valence-electron chi connectivity index (χ0n) is 47.3. The van der Waals surface area contributed by atoms with Crippen LogP contribution in [0.3, 0.4) is 0 Å². The van der Waals surface area contributed by atoms with Crippen LogP contribution in [0.5, 0.6) is 0 Å². The molecular weight excluding hydrogens is 1040 g/mol. The fraction of sp³-hybridized carbons (Fsp3) is 0.929. The Labute approximate surface area is 462 Å². The molecule has 0 amide bonds. The van der Waals surface area contributed by atoms with Crippen LogP contribution in [0, 0.1) is 51.2 Å². The van der Waals surface area contributed by atoms with Gasteiger partial charge in [0, 0.05) is 18.4 Å². The molecule has 5 aliphatic heterocycles. The second-order valence-electron chi connectivity index (χ2n) is 26.0. The molecule has 3 saturated carbocycles. The summed E-state index contributed by atoms with van der Waals surface area (Å²) >= 11 is 0. The molecule has 452 valence electrons. The first kappa shape index (κ1) is 61.5. The Balaban J connectivity index is 0.885. The van der Waals surface area contributed by atoms with Gasteiger partial charge in [-0.25, -0.2) is 0 Å². The Bertz CT molecular complexity index is 2180. The van der Waals surface area contributed by atoms with Gasteiger partial charge >= 0.3 is 11.9 Å². The Morgan fingerprint density at radius 2 is 1.33 bits per heavy atom. The summed E-state index contributed by atoms with van der Waals surface area (Å²) in [6, 6.07) is 0. The number of ether oxygens (including phenoxy) is 11. The third-order valence-corrected chi connectivity index (χ3v) is 20.8. The molecule has 9 rings (SSSR count). The zero-order valence-corrected chi connectivity index (χ0v) is 47.3. The largest absolute Gasteiger partial charge is 0.469 e. The predicted octanol–water partition coefficient (Wildman–Crippen LogP) is 0.0911. The summed E-state index contributed by atoms with van der Waals surface area (Å²) in [5.74, 6) is -0.675. The van der Waals surface area contributed by atoms with E-state index in [1.807, 2.05) is 6.92 Å². The Kier molecular flexibility index (Phi) is 18.0. The highest BCUT2D eigenvalue weighted by atomic mass is 16.8. The normalized spacial score (nSPS) is 51.4. The van der Waals surface area contributed by atoms with E-state index < -0.39 is 164 Å². The van der Waals surface area contributed by atoms with Crippen molar-refractivity contribution in [3.63, 3.8) is 0 Å². The minimum Gasteiger partial charge on any atom is -0.469 e. The van der Waals surface area contributed by atoms with Crippen LogP contribution in [0.25, 0.3) is 0 Å². The van der Waals surface area contributed by atoms with Crippen LogP contribution in [0.2, 0.25) is 0 Å². The number of hydrogen-bond donors (Lipinski definition) is 10. The first-order valence-electron chi connectivity index (χ1n) is 28.6. The molecule has 4 aliphatic carbocycles. The third-order valence-electron chi connectivity index (χ3n) is 20.8. The fourth-order valence-corrected chi connectivity index (χ4v) is 16.7. The van der Waals surface area contributed by atoms with Crippen molar-refractivity contribution in [3.05, 3.63) is 11.6 Å². The molecule has 23 nitrogen and oxygen atoms in total. The molecular formula is C56H90O23. The molecule has 1 spiro atoms. The second kappa shape index (κ2) is 23.1. The van der Waals surface area contributed by atoms with Crippen LogP contribution < -0.4 is 0 Å². The Hall–Kier alpha value is -2.08. The van der Waals surface area contributed by atoms with Gasteiger partial charge < -0.3 is 103 Å². The molecule has 9 aliphatic rings. The Morgan fingerprint density at radius 1 is 0.722 bits per heavy atom. The number of aliphatic hydroxyl groups is 10. The van der Waals surface area contributed by atoms with Gasteiger partial charge in [-0.05, 0) is 93.8 Å². The summed E-state index contributed by atoms with van der Waals surface area (Å²) in [5.41, 5.74) is -1.87. The van der Waals surface area contributed by atoms with Crippen molar-refractivity contribution >= 4 is 11.9 Å². The summed E-state index contributed by atoms with van der Waals surface area (Å²) in [5, 5.41) is 110. The molecule has 10 N–H and O–H groups in total. The number of aliphatic hydroxyl groups excluding tert-OH is 10. The number of carbonyl (C=O) groups is 2. The lowest BCUT2D eigenvalue weighted by Crippen LogP contribution is -2.67. The maximum Gasteiger partial charge on any atom is 0.313 e. The third kappa shape index (κ3) is 10.2. The summed E-state index contributed by atoms with van der Waals surface area (Å²) in [4.78, 5) is 28.5. The van der Waals surface area contributed by atoms with Gasteiger partial charge in [-0.2, -0.15) is 0 Å². The first-order chi connectivity index (χ1) is 37.2. The van der Waals surface area contributed by atoms with Crippen molar-refractivity contribution in [1.29, 1.82) is 0 Å². The first-order valence-corrected chi connectivity index (χ1v) is 28.6. The number of carbonyl (C=O) groups excluding carboxylic acids is 2. The summed E-state index contributed by atoms with van der Waals surface area (Å²) in [6.45, 7) is 14.9. The number of methoxy groups -OCH3 is 2. The second-order valence-corrected chi connectivity index (χ2v) is 26.0. The van der Waals surface area contributed by atoms with E-state index in [0.29, 0.717) is 38.0 Å². The molecule has 0 aromatic heterocycles. The van der Waals surface area contributed by atoms with Gasteiger partial charge in [-0.3, -0.25) is 9.59 Å². The number of hydrogen-bond acceptors (Lipinski definition) is 23. The molecule has 8 fully saturated rings. The van der Waals surface area contributed by atoms with Gasteiger partial charge in [0.05, 0.1) is 50.5 Å². The minimum atomic E-state index is -1.91. The molecule has 0 radical (unpaired) electrons. The van der Waals surface area contributed by atoms with Gasteiger partial charge in [-0.15, -0.1) is 0 Å². The van der Waals surface area contributed by atoms with Gasteiger partial charge in [0.2, 0.25) is 0 Å². The van der Waals surface area contributed by atoms with Gasteiger partial charge in [0.1, 0.15) is 91.1 Å². The smallest absolute Gasteiger partial charge is 0.313 e. The lowest BCUT2D eigenvalue weighted by Gasteiger charge is -2.64. The SMILES string of the molecule is COC(=O)[C@H]1C[C@@]2(C)C3=CC[C@H]4C(C)(C)[C@@H](O[C@@H]5OC[C@@H](O)[C@H](O)[C@H]5O[C@@H]5O[C@H](C)[C@@H](O[C@@H]6O[C@H](CO)[C@@H](O)[C@H](O[C@@H]7O[C@H](CO)[C@@H](O)[C@H](OC)[C@H]7O)[C@H]6O)[C@H](O)[C@H]5O)CC[C@]4(C)[C@H]3CC[C@@]23C(=O)O[C@](C)(CCCC(C)C)[C@@H]13. The Morgan fingerprint density at radius 3 is 1.95 bits per heavy atom. The maximum atomic E-state index is 14.7. The van der Waals surface area contributed by atoms with Crippen molar-refractivity contribution in [2.75, 3.05) is 34.0 Å². The maximum absolute atomic E-state index is 14.7. The topological polar surface area (TPSA) is 338 Å². The van der Waals surface area contributed by atoms with Crippen LogP contribution >= 0.6 is 0 Å². The van der Waals surface area contributed by atoms with Crippen molar-refractivity contribution in [3.8, 4) is 0 Å². The predicted molar refractivity (Wildman–Crippen MR) is 271 cm³/mol. The number of cyclic esters (lactones) is 1. The summed E-state index contributed by atoms with van der Waals surface area (Å²) < 4.78 is 65.5. The van der Waals surface area contributed by atoms with E-state index in [0.717, 1.165) is 25.7 Å². The van der Waals surface area contributed by atoms with E-state index in [1.54, 1.807) is 0 Å². The molecule has 0 aromatic carbocycles. The quantitative estimate of drug-likeness (QED) is 0.0723. The summed E-state index contributed by atoms with van der Waals surface area (Å²) in [7, 11) is 2.63. The lowest BCUT2D eigenvalue weighted by molar-refractivity contribution is -0.389. The standard InChI is InChI=1S/C56H90O23/c1-24(2)12-11-17-55(8)45-26(46(67)70-10)20-54(7)28-13-14-32-52(4,5)33(16-18-53(32,6)27(28)15-19-56(45,54)51(68)79-55)75-50-44(34(60)29(59)23-71-50)78-47-38(64)37(63)41(25(3)72-47)76-49-40(66)43(36(62)31(22-58)74-49)77-48-39(65)42(69-9)35(61)30(21-57)73-48/h13,24-27,29-45,47-50,57-66H,11-12,14-23H2,1-10H3/t25-,26+,27+,29-,30-,31-,32+,33+,34+,35-,36-,37-,38-,39-,40-,41-,42+,43+,44-,45-,47+,48+,49+,50+,53-,54+,55-,56-/m1/s1. The molecule has 5 saturated heterocycles. The lowest BCUT2D eigenvalue weighted by atomic mass is 9.40. The van der Waals surface area contributed by atoms with E-state index in [9.17, 15) is 60.7 Å².